The molecular formula is C14H22N2. The summed E-state index contributed by atoms with van der Waals surface area (Å²) < 4.78 is 0. The molecule has 0 spiro atoms. The number of hydrogen-bond acceptors (Lipinski definition) is 2. The topological polar surface area (TPSA) is 29.3 Å². The van der Waals surface area contributed by atoms with Crippen molar-refractivity contribution >= 4 is 0 Å². The van der Waals surface area contributed by atoms with Crippen LogP contribution in [0.4, 0.5) is 0 Å². The van der Waals surface area contributed by atoms with Gasteiger partial charge in [0.25, 0.3) is 0 Å². The Bertz CT molecular complexity index is 327. The number of piperidine rings is 1. The average Bonchev–Trinajstić information content (AvgIpc) is 2.33. The number of benzene rings is 1. The summed E-state index contributed by atoms with van der Waals surface area (Å²) in [5, 5.41) is 0. The smallest absolute Gasteiger partial charge is 0.0236 e. The minimum atomic E-state index is 0.653. The molecule has 0 aliphatic carbocycles. The Kier molecular flexibility index (Phi) is 3.97. The normalized spacial score (nSPS) is 18.9. The van der Waals surface area contributed by atoms with Crippen molar-refractivity contribution in [2.45, 2.75) is 32.9 Å². The first-order valence-electron chi connectivity index (χ1n) is 6.29. The second kappa shape index (κ2) is 5.46. The van der Waals surface area contributed by atoms with E-state index >= 15 is 0 Å². The molecular weight excluding hydrogens is 196 g/mol. The fourth-order valence-electron chi connectivity index (χ4n) is 2.37. The molecule has 2 rings (SSSR count). The van der Waals surface area contributed by atoms with Crippen LogP contribution in [0, 0.1) is 5.92 Å². The molecule has 88 valence electrons. The number of rotatable bonds is 3. The lowest BCUT2D eigenvalue weighted by Gasteiger charge is -2.30. The Hall–Kier alpha value is -0.860. The molecule has 2 nitrogen and oxygen atoms in total. The molecule has 1 fully saturated rings. The number of likely N-dealkylation sites (tertiary alicyclic amines) is 1. The summed E-state index contributed by atoms with van der Waals surface area (Å²) in [6.07, 6.45) is 2.68. The van der Waals surface area contributed by atoms with Crippen LogP contribution in [0.25, 0.3) is 0 Å². The third-order valence-electron chi connectivity index (χ3n) is 3.61. The molecule has 2 heteroatoms. The molecule has 1 aromatic carbocycles. The predicted octanol–water partition coefficient (Wildman–Crippen LogP) is 2.38. The van der Waals surface area contributed by atoms with E-state index < -0.39 is 0 Å². The van der Waals surface area contributed by atoms with Crippen LogP contribution in [-0.4, -0.2) is 18.0 Å². The molecule has 0 amide bonds. The van der Waals surface area contributed by atoms with Crippen LogP contribution in [0.15, 0.2) is 24.3 Å². The van der Waals surface area contributed by atoms with E-state index in [0.717, 1.165) is 12.5 Å². The fraction of sp³-hybridized carbons (Fsp3) is 0.571. The maximum atomic E-state index is 5.76. The zero-order chi connectivity index (χ0) is 11.4. The van der Waals surface area contributed by atoms with E-state index in [0.29, 0.717) is 6.54 Å². The monoisotopic (exact) mass is 218 g/mol. The summed E-state index contributed by atoms with van der Waals surface area (Å²) in [5.74, 6) is 0.904. The van der Waals surface area contributed by atoms with Crippen LogP contribution in [0.5, 0.6) is 0 Å². The molecule has 0 bridgehead atoms. The van der Waals surface area contributed by atoms with Gasteiger partial charge in [-0.2, -0.15) is 0 Å². The first-order valence-corrected chi connectivity index (χ1v) is 6.29. The molecule has 0 aromatic heterocycles. The summed E-state index contributed by atoms with van der Waals surface area (Å²) in [6.45, 7) is 6.55. The van der Waals surface area contributed by atoms with Gasteiger partial charge < -0.3 is 5.73 Å². The molecule has 1 aliphatic rings. The summed E-state index contributed by atoms with van der Waals surface area (Å²) in [4.78, 5) is 2.55. The van der Waals surface area contributed by atoms with Crippen molar-refractivity contribution in [1.29, 1.82) is 0 Å². The minimum Gasteiger partial charge on any atom is -0.326 e. The zero-order valence-corrected chi connectivity index (χ0v) is 10.2. The van der Waals surface area contributed by atoms with Crippen LogP contribution >= 0.6 is 0 Å². The quantitative estimate of drug-likeness (QED) is 0.844. The van der Waals surface area contributed by atoms with Crippen molar-refractivity contribution in [1.82, 2.24) is 4.90 Å². The first-order chi connectivity index (χ1) is 7.79. The van der Waals surface area contributed by atoms with E-state index in [-0.39, 0.29) is 0 Å². The van der Waals surface area contributed by atoms with E-state index in [1.807, 2.05) is 0 Å². The lowest BCUT2D eigenvalue weighted by Crippen LogP contribution is -2.32. The van der Waals surface area contributed by atoms with Gasteiger partial charge in [-0.1, -0.05) is 31.2 Å². The molecule has 1 aliphatic heterocycles. The van der Waals surface area contributed by atoms with Gasteiger partial charge in [0, 0.05) is 13.1 Å². The summed E-state index contributed by atoms with van der Waals surface area (Å²) in [6, 6.07) is 8.53. The van der Waals surface area contributed by atoms with Gasteiger partial charge in [0.2, 0.25) is 0 Å². The molecule has 0 saturated carbocycles. The molecule has 2 N–H and O–H groups in total. The molecule has 1 aromatic rings. The van der Waals surface area contributed by atoms with Gasteiger partial charge in [-0.15, -0.1) is 0 Å². The lowest BCUT2D eigenvalue weighted by atomic mass is 9.98. The van der Waals surface area contributed by atoms with Crippen molar-refractivity contribution < 1.29 is 0 Å². The molecule has 0 unspecified atom stereocenters. The van der Waals surface area contributed by atoms with Crippen LogP contribution < -0.4 is 5.73 Å². The Labute approximate surface area is 98.4 Å². The van der Waals surface area contributed by atoms with Crippen LogP contribution in [0.3, 0.4) is 0 Å². The van der Waals surface area contributed by atoms with Crippen LogP contribution in [0.2, 0.25) is 0 Å². The standard InChI is InChI=1S/C14H22N2/c1-12-6-8-16(9-7-12)11-14-5-3-2-4-13(14)10-15/h2-5,12H,6-11,15H2,1H3. The minimum absolute atomic E-state index is 0.653. The molecule has 0 atom stereocenters. The highest BCUT2D eigenvalue weighted by atomic mass is 15.1. The largest absolute Gasteiger partial charge is 0.326 e. The Morgan fingerprint density at radius 1 is 1.19 bits per heavy atom. The van der Waals surface area contributed by atoms with E-state index in [9.17, 15) is 0 Å². The number of hydrogen-bond donors (Lipinski definition) is 1. The van der Waals surface area contributed by atoms with Crippen LogP contribution in [0.1, 0.15) is 30.9 Å². The highest BCUT2D eigenvalue weighted by Crippen LogP contribution is 2.19. The van der Waals surface area contributed by atoms with Crippen molar-refractivity contribution in [2.24, 2.45) is 11.7 Å². The van der Waals surface area contributed by atoms with Gasteiger partial charge in [0.15, 0.2) is 0 Å². The van der Waals surface area contributed by atoms with Crippen molar-refractivity contribution in [2.75, 3.05) is 13.1 Å². The highest BCUT2D eigenvalue weighted by molar-refractivity contribution is 5.26. The Balaban J connectivity index is 1.98. The third-order valence-corrected chi connectivity index (χ3v) is 3.61. The van der Waals surface area contributed by atoms with E-state index in [1.54, 1.807) is 0 Å². The maximum absolute atomic E-state index is 5.76. The van der Waals surface area contributed by atoms with E-state index in [4.69, 9.17) is 5.73 Å². The predicted molar refractivity (Wildman–Crippen MR) is 68.0 cm³/mol. The van der Waals surface area contributed by atoms with Gasteiger partial charge in [-0.3, -0.25) is 4.90 Å². The molecule has 16 heavy (non-hydrogen) atoms. The Morgan fingerprint density at radius 2 is 1.81 bits per heavy atom. The lowest BCUT2D eigenvalue weighted by molar-refractivity contribution is 0.185. The van der Waals surface area contributed by atoms with Crippen molar-refractivity contribution in [3.63, 3.8) is 0 Å². The number of nitrogens with two attached hydrogens (primary N) is 1. The van der Waals surface area contributed by atoms with Gasteiger partial charge >= 0.3 is 0 Å². The van der Waals surface area contributed by atoms with Crippen molar-refractivity contribution in [3.05, 3.63) is 35.4 Å². The summed E-state index contributed by atoms with van der Waals surface area (Å²) in [5.41, 5.74) is 8.45. The summed E-state index contributed by atoms with van der Waals surface area (Å²) >= 11 is 0. The van der Waals surface area contributed by atoms with Crippen LogP contribution in [-0.2, 0) is 13.1 Å². The number of nitrogens with zero attached hydrogens (tertiary/aromatic N) is 1. The van der Waals surface area contributed by atoms with E-state index in [1.165, 1.54) is 37.1 Å². The fourth-order valence-corrected chi connectivity index (χ4v) is 2.37. The van der Waals surface area contributed by atoms with Gasteiger partial charge in [-0.05, 0) is 43.0 Å². The second-order valence-corrected chi connectivity index (χ2v) is 4.93. The molecule has 1 heterocycles. The zero-order valence-electron chi connectivity index (χ0n) is 10.2. The first kappa shape index (κ1) is 11.6. The van der Waals surface area contributed by atoms with E-state index in [2.05, 4.69) is 36.1 Å². The third kappa shape index (κ3) is 2.83. The van der Waals surface area contributed by atoms with Gasteiger partial charge in [0.05, 0.1) is 0 Å². The van der Waals surface area contributed by atoms with Crippen molar-refractivity contribution in [3.8, 4) is 0 Å². The van der Waals surface area contributed by atoms with Gasteiger partial charge in [-0.25, -0.2) is 0 Å². The maximum Gasteiger partial charge on any atom is 0.0236 e. The molecule has 1 saturated heterocycles. The Morgan fingerprint density at radius 3 is 2.44 bits per heavy atom. The average molecular weight is 218 g/mol. The van der Waals surface area contributed by atoms with Gasteiger partial charge in [0.1, 0.15) is 0 Å². The second-order valence-electron chi connectivity index (χ2n) is 4.93. The SMILES string of the molecule is CC1CCN(Cc2ccccc2CN)CC1. The molecule has 0 radical (unpaired) electrons. The summed E-state index contributed by atoms with van der Waals surface area (Å²) in [7, 11) is 0. The highest BCUT2D eigenvalue weighted by Gasteiger charge is 2.16.